The number of alkyl carbamates (subject to hydrolysis) is 1. The molecule has 2 fully saturated rings. The number of nitrogens with zero attached hydrogens (tertiary/aromatic N) is 1. The highest BCUT2D eigenvalue weighted by molar-refractivity contribution is 6.35. The number of unbranched alkanes of at least 4 members (excludes halogenated alkanes) is 2. The Balaban J connectivity index is 1.74. The molecule has 3 heterocycles. The Morgan fingerprint density at radius 3 is 2.66 bits per heavy atom. The van der Waals surface area contributed by atoms with Gasteiger partial charge in [-0.15, -0.1) is 0 Å². The van der Waals surface area contributed by atoms with Crippen LogP contribution < -0.4 is 20.7 Å². The van der Waals surface area contributed by atoms with Crippen LogP contribution in [0.25, 0.3) is 0 Å². The number of amides is 2. The van der Waals surface area contributed by atoms with Crippen LogP contribution in [0.5, 0.6) is 5.75 Å². The van der Waals surface area contributed by atoms with E-state index in [1.807, 2.05) is 32.1 Å². The number of anilines is 1. The van der Waals surface area contributed by atoms with Gasteiger partial charge in [-0.1, -0.05) is 48.7 Å². The number of carbonyl (C=O) groups is 3. The van der Waals surface area contributed by atoms with Crippen molar-refractivity contribution in [1.29, 1.82) is 0 Å². The fraction of sp³-hybridized carbons (Fsp3) is 0.618. The van der Waals surface area contributed by atoms with E-state index in [4.69, 9.17) is 41.0 Å². The Bertz CT molecular complexity index is 1390. The molecule has 2 saturated heterocycles. The summed E-state index contributed by atoms with van der Waals surface area (Å²) in [6.07, 6.45) is 3.94. The maximum atomic E-state index is 13.9. The number of aliphatic hydroxyl groups is 1. The van der Waals surface area contributed by atoms with Crippen LogP contribution >= 0.6 is 11.6 Å². The lowest BCUT2D eigenvalue weighted by molar-refractivity contribution is -0.154. The quantitative estimate of drug-likeness (QED) is 0.207. The highest BCUT2D eigenvalue weighted by atomic mass is 35.5. The molecular formula is C34H48ClN3O9. The standard InChI is InChI=1S/C34H48ClN3O9/c1-20-11-10-12-26(44-6)34(42)19-25(45-32(41)37-34)21(2)31-33(3,47-31)27(46-29(40)13-8-7-9-14-36)18-28(39)38(4)23-16-22(15-20)17-24(43-5)30(23)35/h10-12,16-17,21,25-27,31,42H,7-9,13-15,18-19,36H2,1-6H3,(H,37,41)/b12-10+,20-11+/t21-,25+,26-,27+,31+,33+,34+/m1/s1. The first-order chi connectivity index (χ1) is 22.3. The van der Waals surface area contributed by atoms with Gasteiger partial charge in [0.1, 0.15) is 34.7 Å². The predicted molar refractivity (Wildman–Crippen MR) is 176 cm³/mol. The number of carbonyl (C=O) groups excluding carboxylic acids is 3. The molecule has 0 spiro atoms. The number of halogens is 1. The van der Waals surface area contributed by atoms with Gasteiger partial charge in [-0.25, -0.2) is 4.79 Å². The van der Waals surface area contributed by atoms with Crippen molar-refractivity contribution in [3.8, 4) is 5.75 Å². The van der Waals surface area contributed by atoms with Crippen LogP contribution in [0.1, 0.15) is 64.9 Å². The van der Waals surface area contributed by atoms with Crippen molar-refractivity contribution < 1.29 is 43.2 Å². The molecule has 0 aliphatic carbocycles. The number of benzene rings is 1. The Labute approximate surface area is 281 Å². The van der Waals surface area contributed by atoms with Crippen molar-refractivity contribution in [2.75, 3.05) is 32.7 Å². The first kappa shape index (κ1) is 36.7. The summed E-state index contributed by atoms with van der Waals surface area (Å²) in [6, 6.07) is 3.64. The molecule has 0 unspecified atom stereocenters. The van der Waals surface area contributed by atoms with E-state index in [0.717, 1.165) is 24.0 Å². The molecule has 4 bridgehead atoms. The fourth-order valence-corrected chi connectivity index (χ4v) is 6.73. The normalized spacial score (nSPS) is 33.1. The first-order valence-corrected chi connectivity index (χ1v) is 16.4. The summed E-state index contributed by atoms with van der Waals surface area (Å²) in [7, 11) is 4.57. The summed E-state index contributed by atoms with van der Waals surface area (Å²) in [5, 5.41) is 14.4. The van der Waals surface area contributed by atoms with E-state index < -0.39 is 53.7 Å². The van der Waals surface area contributed by atoms with Crippen molar-refractivity contribution in [1.82, 2.24) is 5.32 Å². The lowest BCUT2D eigenvalue weighted by Crippen LogP contribution is -2.63. The Morgan fingerprint density at radius 2 is 1.98 bits per heavy atom. The minimum absolute atomic E-state index is 0.00121. The molecule has 1 aromatic carbocycles. The summed E-state index contributed by atoms with van der Waals surface area (Å²) in [5.74, 6) is -0.846. The summed E-state index contributed by atoms with van der Waals surface area (Å²) in [4.78, 5) is 41.1. The summed E-state index contributed by atoms with van der Waals surface area (Å²) < 4.78 is 29.0. The number of allylic oxidation sites excluding steroid dienone is 3. The van der Waals surface area contributed by atoms with E-state index in [1.165, 1.54) is 19.1 Å². The lowest BCUT2D eigenvalue weighted by atomic mass is 9.83. The van der Waals surface area contributed by atoms with Crippen LogP contribution in [0, 0.1) is 5.92 Å². The second-order valence-corrected chi connectivity index (χ2v) is 13.3. The second kappa shape index (κ2) is 15.4. The summed E-state index contributed by atoms with van der Waals surface area (Å²) in [6.45, 7) is 6.08. The SMILES string of the molecule is COc1cc2cc(c1Cl)N(C)C(=O)C[C@H](OC(=O)CCCCCN)[C@]1(C)O[C@H]1[C@H](C)[C@@H]1C[C@@](O)(NC(=O)O1)[C@H](OC)/C=C/C=C(\C)C2. The number of hydrogen-bond acceptors (Lipinski definition) is 10. The van der Waals surface area contributed by atoms with E-state index >= 15 is 0 Å². The summed E-state index contributed by atoms with van der Waals surface area (Å²) >= 11 is 6.72. The zero-order valence-corrected chi connectivity index (χ0v) is 28.8. The predicted octanol–water partition coefficient (Wildman–Crippen LogP) is 4.19. The van der Waals surface area contributed by atoms with Crippen LogP contribution in [-0.4, -0.2) is 86.6 Å². The van der Waals surface area contributed by atoms with Crippen molar-refractivity contribution in [2.24, 2.45) is 11.7 Å². The minimum Gasteiger partial charge on any atom is -0.495 e. The Kier molecular flexibility index (Phi) is 12.0. The highest BCUT2D eigenvalue weighted by Crippen LogP contribution is 2.49. The molecule has 260 valence electrons. The third-order valence-electron chi connectivity index (χ3n) is 9.31. The topological polar surface area (TPSA) is 162 Å². The fourth-order valence-electron chi connectivity index (χ4n) is 6.41. The maximum Gasteiger partial charge on any atom is 0.409 e. The number of hydrogen-bond donors (Lipinski definition) is 3. The maximum absolute atomic E-state index is 13.9. The monoisotopic (exact) mass is 677 g/mol. The number of fused-ring (bicyclic) bond motifs is 5. The van der Waals surface area contributed by atoms with E-state index in [9.17, 15) is 19.5 Å². The van der Waals surface area contributed by atoms with Gasteiger partial charge in [-0.2, -0.15) is 0 Å². The molecule has 3 aliphatic rings. The van der Waals surface area contributed by atoms with Gasteiger partial charge in [0.25, 0.3) is 0 Å². The molecule has 0 aromatic heterocycles. The van der Waals surface area contributed by atoms with Gasteiger partial charge in [-0.3, -0.25) is 14.9 Å². The van der Waals surface area contributed by atoms with Crippen LogP contribution in [0.4, 0.5) is 10.5 Å². The average molecular weight is 678 g/mol. The van der Waals surface area contributed by atoms with E-state index in [0.29, 0.717) is 30.8 Å². The second-order valence-electron chi connectivity index (χ2n) is 12.9. The van der Waals surface area contributed by atoms with Crippen molar-refractivity contribution >= 4 is 35.3 Å². The molecule has 47 heavy (non-hydrogen) atoms. The van der Waals surface area contributed by atoms with Crippen molar-refractivity contribution in [2.45, 2.75) is 101 Å². The highest BCUT2D eigenvalue weighted by Gasteiger charge is 2.64. The molecule has 7 atom stereocenters. The van der Waals surface area contributed by atoms with Crippen LogP contribution in [0.15, 0.2) is 35.9 Å². The Morgan fingerprint density at radius 1 is 1.23 bits per heavy atom. The van der Waals surface area contributed by atoms with Gasteiger partial charge in [-0.05, 0) is 57.4 Å². The smallest absolute Gasteiger partial charge is 0.409 e. The number of methoxy groups -OCH3 is 2. The number of epoxide rings is 1. The zero-order chi connectivity index (χ0) is 34.5. The molecule has 0 saturated carbocycles. The number of nitrogens with two attached hydrogens (primary N) is 1. The van der Waals surface area contributed by atoms with E-state index in [2.05, 4.69) is 5.32 Å². The lowest BCUT2D eigenvalue weighted by Gasteiger charge is -2.42. The van der Waals surface area contributed by atoms with Crippen molar-refractivity contribution in [3.63, 3.8) is 0 Å². The Hall–Kier alpha value is -3.16. The number of rotatable bonds is 8. The van der Waals surface area contributed by atoms with Gasteiger partial charge in [0.05, 0.1) is 25.3 Å². The molecular weight excluding hydrogens is 630 g/mol. The third kappa shape index (κ3) is 8.47. The van der Waals surface area contributed by atoms with Crippen LogP contribution in [0.2, 0.25) is 5.02 Å². The van der Waals surface area contributed by atoms with Crippen LogP contribution in [0.3, 0.4) is 0 Å². The molecule has 4 rings (SSSR count). The minimum atomic E-state index is -1.78. The zero-order valence-electron chi connectivity index (χ0n) is 28.0. The molecule has 1 aromatic rings. The molecule has 3 aliphatic heterocycles. The van der Waals surface area contributed by atoms with E-state index in [1.54, 1.807) is 26.1 Å². The first-order valence-electron chi connectivity index (χ1n) is 16.0. The van der Waals surface area contributed by atoms with Gasteiger partial charge in [0.2, 0.25) is 5.91 Å². The molecule has 0 radical (unpaired) electrons. The molecule has 13 heteroatoms. The van der Waals surface area contributed by atoms with Crippen LogP contribution in [-0.2, 0) is 35.0 Å². The number of nitrogens with one attached hydrogen (secondary N) is 1. The van der Waals surface area contributed by atoms with Gasteiger partial charge in [0, 0.05) is 32.9 Å². The molecule has 2 amide bonds. The van der Waals surface area contributed by atoms with Gasteiger partial charge < -0.3 is 39.4 Å². The average Bonchev–Trinajstić information content (AvgIpc) is 3.72. The molecule has 12 nitrogen and oxygen atoms in total. The van der Waals surface area contributed by atoms with Gasteiger partial charge in [0.15, 0.2) is 5.72 Å². The number of ether oxygens (including phenoxy) is 5. The molecule has 4 N–H and O–H groups in total. The largest absolute Gasteiger partial charge is 0.495 e. The third-order valence-corrected chi connectivity index (χ3v) is 9.69. The summed E-state index contributed by atoms with van der Waals surface area (Å²) in [5.41, 5.74) is 4.98. The number of esters is 1. The van der Waals surface area contributed by atoms with Crippen molar-refractivity contribution in [3.05, 3.63) is 46.5 Å². The van der Waals surface area contributed by atoms with E-state index in [-0.39, 0.29) is 30.2 Å². The van der Waals surface area contributed by atoms with Gasteiger partial charge >= 0.3 is 12.1 Å².